The van der Waals surface area contributed by atoms with Crippen LogP contribution in [-0.2, 0) is 17.8 Å². The van der Waals surface area contributed by atoms with Crippen LogP contribution in [-0.4, -0.2) is 66.5 Å². The predicted octanol–water partition coefficient (Wildman–Crippen LogP) is 3.25. The number of hydrogen-bond donors (Lipinski definition) is 2. The summed E-state index contributed by atoms with van der Waals surface area (Å²) < 4.78 is 0. The van der Waals surface area contributed by atoms with E-state index in [0.717, 1.165) is 64.5 Å². The van der Waals surface area contributed by atoms with Gasteiger partial charge < -0.3 is 15.5 Å². The number of aliphatic imine (C=N–C) groups is 1. The SMILES string of the molecule is CCNC(=NCC(CC)N1CCc2ccccc2C1)NC1CCN(C(=O)C(C)C)C1.I. The molecule has 1 saturated heterocycles. The molecule has 1 aromatic carbocycles. The molecule has 2 aliphatic rings. The molecule has 6 nitrogen and oxygen atoms in total. The van der Waals surface area contributed by atoms with Crippen LogP contribution in [0.25, 0.3) is 0 Å². The molecule has 2 unspecified atom stereocenters. The lowest BCUT2D eigenvalue weighted by Gasteiger charge is -2.34. The van der Waals surface area contributed by atoms with Gasteiger partial charge in [-0.3, -0.25) is 14.7 Å². The molecule has 31 heavy (non-hydrogen) atoms. The van der Waals surface area contributed by atoms with Gasteiger partial charge in [0.15, 0.2) is 5.96 Å². The number of guanidine groups is 1. The van der Waals surface area contributed by atoms with Gasteiger partial charge in [0, 0.05) is 50.7 Å². The molecule has 0 spiro atoms. The number of carbonyl (C=O) groups excluding carboxylic acids is 1. The predicted molar refractivity (Wildman–Crippen MR) is 139 cm³/mol. The molecule has 174 valence electrons. The zero-order valence-electron chi connectivity index (χ0n) is 19.6. The molecule has 0 bridgehead atoms. The van der Waals surface area contributed by atoms with Gasteiger partial charge in [0.25, 0.3) is 0 Å². The summed E-state index contributed by atoms with van der Waals surface area (Å²) in [5.74, 6) is 1.18. The zero-order valence-corrected chi connectivity index (χ0v) is 21.9. The van der Waals surface area contributed by atoms with Crippen molar-refractivity contribution in [3.8, 4) is 0 Å². The monoisotopic (exact) mass is 541 g/mol. The van der Waals surface area contributed by atoms with Gasteiger partial charge in [-0.05, 0) is 37.3 Å². The maximum Gasteiger partial charge on any atom is 0.225 e. The Labute approximate surface area is 205 Å². The average molecular weight is 542 g/mol. The molecular formula is C24H40IN5O. The van der Waals surface area contributed by atoms with Crippen molar-refractivity contribution in [3.05, 3.63) is 35.4 Å². The second-order valence-corrected chi connectivity index (χ2v) is 8.84. The number of fused-ring (bicyclic) bond motifs is 1. The highest BCUT2D eigenvalue weighted by molar-refractivity contribution is 14.0. The minimum atomic E-state index is 0. The molecule has 3 rings (SSSR count). The van der Waals surface area contributed by atoms with E-state index in [9.17, 15) is 4.79 Å². The van der Waals surface area contributed by atoms with Gasteiger partial charge in [-0.2, -0.15) is 0 Å². The Balaban J connectivity index is 0.00000341. The zero-order chi connectivity index (χ0) is 21.5. The molecule has 2 heterocycles. The molecule has 2 atom stereocenters. The molecule has 1 amide bonds. The molecule has 0 saturated carbocycles. The van der Waals surface area contributed by atoms with E-state index in [4.69, 9.17) is 4.99 Å². The fraction of sp³-hybridized carbons (Fsp3) is 0.667. The van der Waals surface area contributed by atoms with Crippen molar-refractivity contribution in [2.24, 2.45) is 10.9 Å². The topological polar surface area (TPSA) is 60.0 Å². The molecule has 2 N–H and O–H groups in total. The number of rotatable bonds is 7. The van der Waals surface area contributed by atoms with Gasteiger partial charge in [-0.1, -0.05) is 45.0 Å². The highest BCUT2D eigenvalue weighted by atomic mass is 127. The van der Waals surface area contributed by atoms with Crippen molar-refractivity contribution < 1.29 is 4.79 Å². The summed E-state index contributed by atoms with van der Waals surface area (Å²) in [6, 6.07) is 9.51. The number of hydrogen-bond acceptors (Lipinski definition) is 3. The fourth-order valence-electron chi connectivity index (χ4n) is 4.49. The second kappa shape index (κ2) is 12.6. The first-order chi connectivity index (χ1) is 14.5. The number of nitrogens with one attached hydrogen (secondary N) is 2. The minimum absolute atomic E-state index is 0. The molecule has 0 aliphatic carbocycles. The lowest BCUT2D eigenvalue weighted by molar-refractivity contribution is -0.133. The van der Waals surface area contributed by atoms with Crippen LogP contribution in [0.2, 0.25) is 0 Å². The summed E-state index contributed by atoms with van der Waals surface area (Å²) >= 11 is 0. The molecule has 0 aromatic heterocycles. The van der Waals surface area contributed by atoms with Crippen LogP contribution < -0.4 is 10.6 Å². The number of nitrogens with zero attached hydrogens (tertiary/aromatic N) is 3. The van der Waals surface area contributed by atoms with Crippen molar-refractivity contribution in [2.75, 3.05) is 32.7 Å². The van der Waals surface area contributed by atoms with Gasteiger partial charge >= 0.3 is 0 Å². The Morgan fingerprint density at radius 3 is 2.61 bits per heavy atom. The summed E-state index contributed by atoms with van der Waals surface area (Å²) in [6.07, 6.45) is 3.19. The van der Waals surface area contributed by atoms with E-state index in [1.54, 1.807) is 0 Å². The highest BCUT2D eigenvalue weighted by Crippen LogP contribution is 2.21. The summed E-state index contributed by atoms with van der Waals surface area (Å²) in [5, 5.41) is 6.96. The Morgan fingerprint density at radius 2 is 1.94 bits per heavy atom. The van der Waals surface area contributed by atoms with E-state index in [1.165, 1.54) is 11.1 Å². The van der Waals surface area contributed by atoms with E-state index in [-0.39, 0.29) is 41.8 Å². The van der Waals surface area contributed by atoms with Gasteiger partial charge in [-0.25, -0.2) is 0 Å². The van der Waals surface area contributed by atoms with Crippen LogP contribution in [0.4, 0.5) is 0 Å². The summed E-state index contributed by atoms with van der Waals surface area (Å²) in [4.78, 5) is 21.8. The normalized spacial score (nSPS) is 20.2. The van der Waals surface area contributed by atoms with Crippen LogP contribution in [0.15, 0.2) is 29.3 Å². The third kappa shape index (κ3) is 7.07. The molecular weight excluding hydrogens is 501 g/mol. The Bertz CT molecular complexity index is 738. The van der Waals surface area contributed by atoms with Crippen molar-refractivity contribution >= 4 is 35.8 Å². The lowest BCUT2D eigenvalue weighted by atomic mass is 9.98. The van der Waals surface area contributed by atoms with Crippen LogP contribution in [0.3, 0.4) is 0 Å². The average Bonchev–Trinajstić information content (AvgIpc) is 3.21. The number of amides is 1. The van der Waals surface area contributed by atoms with Gasteiger partial charge in [-0.15, -0.1) is 24.0 Å². The third-order valence-electron chi connectivity index (χ3n) is 6.29. The first-order valence-corrected chi connectivity index (χ1v) is 11.7. The minimum Gasteiger partial charge on any atom is -0.357 e. The van der Waals surface area contributed by atoms with E-state index < -0.39 is 0 Å². The molecule has 0 radical (unpaired) electrons. The number of halogens is 1. The van der Waals surface area contributed by atoms with Gasteiger partial charge in [0.2, 0.25) is 5.91 Å². The van der Waals surface area contributed by atoms with Crippen molar-refractivity contribution in [3.63, 3.8) is 0 Å². The van der Waals surface area contributed by atoms with E-state index >= 15 is 0 Å². The summed E-state index contributed by atoms with van der Waals surface area (Å²) in [5.41, 5.74) is 2.95. The van der Waals surface area contributed by atoms with E-state index in [0.29, 0.717) is 6.04 Å². The third-order valence-corrected chi connectivity index (χ3v) is 6.29. The maximum absolute atomic E-state index is 12.3. The van der Waals surface area contributed by atoms with Crippen molar-refractivity contribution in [2.45, 2.75) is 65.6 Å². The maximum atomic E-state index is 12.3. The Kier molecular flexibility index (Phi) is 10.6. The van der Waals surface area contributed by atoms with Crippen LogP contribution in [0.1, 0.15) is 51.7 Å². The van der Waals surface area contributed by atoms with Crippen LogP contribution in [0.5, 0.6) is 0 Å². The first kappa shape index (κ1) is 25.9. The molecule has 1 fully saturated rings. The second-order valence-electron chi connectivity index (χ2n) is 8.84. The summed E-state index contributed by atoms with van der Waals surface area (Å²) in [7, 11) is 0. The number of carbonyl (C=O) groups is 1. The van der Waals surface area contributed by atoms with E-state index in [2.05, 4.69) is 53.6 Å². The van der Waals surface area contributed by atoms with Gasteiger partial charge in [0.05, 0.1) is 6.54 Å². The summed E-state index contributed by atoms with van der Waals surface area (Å²) in [6.45, 7) is 13.6. The Hall–Kier alpha value is -1.35. The first-order valence-electron chi connectivity index (χ1n) is 11.7. The Morgan fingerprint density at radius 1 is 1.19 bits per heavy atom. The number of benzene rings is 1. The largest absolute Gasteiger partial charge is 0.357 e. The smallest absolute Gasteiger partial charge is 0.225 e. The highest BCUT2D eigenvalue weighted by Gasteiger charge is 2.28. The fourth-order valence-corrected chi connectivity index (χ4v) is 4.49. The van der Waals surface area contributed by atoms with Gasteiger partial charge in [0.1, 0.15) is 0 Å². The molecule has 1 aromatic rings. The lowest BCUT2D eigenvalue weighted by Crippen LogP contribution is -2.46. The molecule has 2 aliphatic heterocycles. The molecule has 7 heteroatoms. The van der Waals surface area contributed by atoms with E-state index in [1.807, 2.05) is 18.7 Å². The quantitative estimate of drug-likeness (QED) is 0.316. The van der Waals surface area contributed by atoms with Crippen LogP contribution in [0, 0.1) is 5.92 Å². The van der Waals surface area contributed by atoms with Crippen molar-refractivity contribution in [1.82, 2.24) is 20.4 Å². The van der Waals surface area contributed by atoms with Crippen molar-refractivity contribution in [1.29, 1.82) is 0 Å². The van der Waals surface area contributed by atoms with Crippen LogP contribution >= 0.6 is 24.0 Å². The number of likely N-dealkylation sites (tertiary alicyclic amines) is 1. The standard InChI is InChI=1S/C24H39N5O.HI/c1-5-22(28-13-11-19-9-7-8-10-20(19)16-28)15-26-24(25-6-2)27-21-12-14-29(17-21)23(30)18(3)4;/h7-10,18,21-22H,5-6,11-17H2,1-4H3,(H2,25,26,27);1H.